The third-order valence-electron chi connectivity index (χ3n) is 4.01. The molecule has 0 aromatic carbocycles. The van der Waals surface area contributed by atoms with E-state index in [-0.39, 0.29) is 5.91 Å². The van der Waals surface area contributed by atoms with E-state index in [0.717, 1.165) is 19.3 Å². The van der Waals surface area contributed by atoms with Gasteiger partial charge in [0.05, 0.1) is 0 Å². The molecule has 0 saturated heterocycles. The average Bonchev–Trinajstić information content (AvgIpc) is 2.52. The Morgan fingerprint density at radius 1 is 0.792 bits per heavy atom. The van der Waals surface area contributed by atoms with Crippen molar-refractivity contribution in [1.82, 2.24) is 10.6 Å². The number of unbranched alkanes of at least 4 members (excludes halogenated alkanes) is 8. The lowest BCUT2D eigenvalue weighted by Gasteiger charge is -2.16. The summed E-state index contributed by atoms with van der Waals surface area (Å²) in [5.41, 5.74) is 0. The van der Waals surface area contributed by atoms with Crippen molar-refractivity contribution in [3.63, 3.8) is 0 Å². The van der Waals surface area contributed by atoms with Crippen molar-refractivity contribution < 1.29 is 19.5 Å². The van der Waals surface area contributed by atoms with Gasteiger partial charge in [-0.2, -0.15) is 0 Å². The van der Waals surface area contributed by atoms with Crippen LogP contribution >= 0.6 is 0 Å². The van der Waals surface area contributed by atoms with Crippen molar-refractivity contribution in [3.05, 3.63) is 0 Å². The summed E-state index contributed by atoms with van der Waals surface area (Å²) in [6.07, 6.45) is 11.1. The van der Waals surface area contributed by atoms with Crippen LogP contribution in [0.2, 0.25) is 0 Å². The summed E-state index contributed by atoms with van der Waals surface area (Å²) in [4.78, 5) is 34.2. The normalized spacial score (nSPS) is 13.1. The molecule has 2 atom stereocenters. The number of rotatable bonds is 14. The summed E-state index contributed by atoms with van der Waals surface area (Å²) in [6, 6.07) is -1.69. The van der Waals surface area contributed by atoms with Gasteiger partial charge in [0.25, 0.3) is 0 Å². The lowest BCUT2D eigenvalue weighted by atomic mass is 10.1. The van der Waals surface area contributed by atoms with Gasteiger partial charge in [-0.1, -0.05) is 58.3 Å². The Balaban J connectivity index is 3.67. The number of aliphatic carboxylic acids is 1. The molecule has 0 fully saturated rings. The summed E-state index contributed by atoms with van der Waals surface area (Å²) in [5, 5.41) is 13.7. The lowest BCUT2D eigenvalue weighted by Crippen LogP contribution is -2.49. The number of carboxylic acids is 1. The van der Waals surface area contributed by atoms with E-state index < -0.39 is 24.0 Å². The molecule has 6 nitrogen and oxygen atoms in total. The highest BCUT2D eigenvalue weighted by atomic mass is 16.4. The van der Waals surface area contributed by atoms with E-state index in [1.807, 2.05) is 0 Å². The molecule has 0 aromatic heterocycles. The van der Waals surface area contributed by atoms with E-state index in [4.69, 9.17) is 5.11 Å². The van der Waals surface area contributed by atoms with Crippen LogP contribution in [0.3, 0.4) is 0 Å². The summed E-state index contributed by atoms with van der Waals surface area (Å²) in [6.45, 7) is 5.15. The second-order valence-corrected chi connectivity index (χ2v) is 6.44. The first-order chi connectivity index (χ1) is 11.4. The molecule has 24 heavy (non-hydrogen) atoms. The van der Waals surface area contributed by atoms with E-state index >= 15 is 0 Å². The predicted octanol–water partition coefficient (Wildman–Crippen LogP) is 3.00. The number of amides is 2. The van der Waals surface area contributed by atoms with Crippen LogP contribution in [0, 0.1) is 0 Å². The monoisotopic (exact) mass is 342 g/mol. The van der Waals surface area contributed by atoms with Gasteiger partial charge in [-0.05, 0) is 20.3 Å². The highest BCUT2D eigenvalue weighted by Crippen LogP contribution is 2.10. The average molecular weight is 342 g/mol. The fraction of sp³-hybridized carbons (Fsp3) is 0.833. The first-order valence-electron chi connectivity index (χ1n) is 9.21. The molecule has 0 rings (SSSR count). The number of hydrogen-bond donors (Lipinski definition) is 3. The highest BCUT2D eigenvalue weighted by molar-refractivity contribution is 5.89. The van der Waals surface area contributed by atoms with Crippen molar-refractivity contribution in [3.8, 4) is 0 Å². The minimum atomic E-state index is -1.10. The molecule has 3 N–H and O–H groups in total. The van der Waals surface area contributed by atoms with E-state index in [1.54, 1.807) is 6.92 Å². The van der Waals surface area contributed by atoms with Gasteiger partial charge < -0.3 is 15.7 Å². The fourth-order valence-corrected chi connectivity index (χ4v) is 2.38. The van der Waals surface area contributed by atoms with Gasteiger partial charge in [-0.3, -0.25) is 14.4 Å². The summed E-state index contributed by atoms with van der Waals surface area (Å²) in [5.74, 6) is -1.74. The minimum Gasteiger partial charge on any atom is -0.480 e. The maximum absolute atomic E-state index is 11.8. The lowest BCUT2D eigenvalue weighted by molar-refractivity contribution is -0.141. The molecule has 0 aliphatic heterocycles. The predicted molar refractivity (Wildman–Crippen MR) is 94.7 cm³/mol. The number of nitrogens with one attached hydrogen (secondary N) is 2. The molecule has 0 aromatic rings. The van der Waals surface area contributed by atoms with Crippen molar-refractivity contribution >= 4 is 17.8 Å². The van der Waals surface area contributed by atoms with Crippen LogP contribution in [0.4, 0.5) is 0 Å². The van der Waals surface area contributed by atoms with Crippen molar-refractivity contribution in [2.24, 2.45) is 0 Å². The first kappa shape index (κ1) is 22.4. The Morgan fingerprint density at radius 3 is 1.79 bits per heavy atom. The number of carbonyl (C=O) groups is 3. The molecule has 0 radical (unpaired) electrons. The molecule has 0 bridgehead atoms. The van der Waals surface area contributed by atoms with Gasteiger partial charge in [-0.25, -0.2) is 0 Å². The molecule has 0 saturated carbocycles. The van der Waals surface area contributed by atoms with Crippen LogP contribution in [0.15, 0.2) is 0 Å². The standard InChI is InChI=1S/C18H34N2O4/c1-4-5-6-7-8-9-10-11-12-13-16(21)19-14(2)17(22)20-15(3)18(23)24/h14-15H,4-13H2,1-3H3,(H,19,21)(H,20,22)(H,23,24)/t14-,15-/m1/s1. The van der Waals surface area contributed by atoms with Crippen LogP contribution in [-0.2, 0) is 14.4 Å². The Labute approximate surface area is 145 Å². The summed E-state index contributed by atoms with van der Waals surface area (Å²) in [7, 11) is 0. The van der Waals surface area contributed by atoms with Gasteiger partial charge in [0.2, 0.25) is 11.8 Å². The molecule has 0 aliphatic rings. The largest absolute Gasteiger partial charge is 0.480 e. The molecule has 0 unspecified atom stereocenters. The maximum Gasteiger partial charge on any atom is 0.325 e. The number of hydrogen-bond acceptors (Lipinski definition) is 3. The Morgan fingerprint density at radius 2 is 1.29 bits per heavy atom. The van der Waals surface area contributed by atoms with Crippen LogP contribution in [0.1, 0.15) is 85.0 Å². The van der Waals surface area contributed by atoms with Crippen LogP contribution in [0.25, 0.3) is 0 Å². The molecule has 6 heteroatoms. The van der Waals surface area contributed by atoms with Gasteiger partial charge >= 0.3 is 5.97 Å². The third kappa shape index (κ3) is 11.9. The number of carbonyl (C=O) groups excluding carboxylic acids is 2. The minimum absolute atomic E-state index is 0.163. The summed E-state index contributed by atoms with van der Waals surface area (Å²) < 4.78 is 0. The molecular formula is C18H34N2O4. The molecule has 0 spiro atoms. The molecule has 2 amide bonds. The highest BCUT2D eigenvalue weighted by Gasteiger charge is 2.20. The van der Waals surface area contributed by atoms with E-state index in [1.165, 1.54) is 45.4 Å². The topological polar surface area (TPSA) is 95.5 Å². The zero-order chi connectivity index (χ0) is 18.4. The second-order valence-electron chi connectivity index (χ2n) is 6.44. The van der Waals surface area contributed by atoms with Gasteiger partial charge in [0.15, 0.2) is 0 Å². The Kier molecular flexibility index (Phi) is 12.9. The first-order valence-corrected chi connectivity index (χ1v) is 9.21. The van der Waals surface area contributed by atoms with Crippen LogP contribution in [0.5, 0.6) is 0 Å². The van der Waals surface area contributed by atoms with Gasteiger partial charge in [0, 0.05) is 6.42 Å². The van der Waals surface area contributed by atoms with E-state index in [9.17, 15) is 14.4 Å². The smallest absolute Gasteiger partial charge is 0.325 e. The maximum atomic E-state index is 11.8. The van der Waals surface area contributed by atoms with Crippen LogP contribution in [-0.4, -0.2) is 35.0 Å². The SMILES string of the molecule is CCCCCCCCCCCC(=O)N[C@H](C)C(=O)N[C@H](C)C(=O)O. The molecular weight excluding hydrogens is 308 g/mol. The molecule has 0 heterocycles. The second kappa shape index (κ2) is 13.8. The van der Waals surface area contributed by atoms with Crippen molar-refractivity contribution in [1.29, 1.82) is 0 Å². The number of carboxylic acid groups (broad SMARTS) is 1. The van der Waals surface area contributed by atoms with Gasteiger partial charge in [0.1, 0.15) is 12.1 Å². The van der Waals surface area contributed by atoms with Gasteiger partial charge in [-0.15, -0.1) is 0 Å². The van der Waals surface area contributed by atoms with Crippen LogP contribution < -0.4 is 10.6 Å². The Hall–Kier alpha value is -1.59. The zero-order valence-electron chi connectivity index (χ0n) is 15.4. The Bertz CT molecular complexity index is 385. The quantitative estimate of drug-likeness (QED) is 0.423. The van der Waals surface area contributed by atoms with Crippen molar-refractivity contribution in [2.45, 2.75) is 97.1 Å². The van der Waals surface area contributed by atoms with E-state index in [2.05, 4.69) is 17.6 Å². The fourth-order valence-electron chi connectivity index (χ4n) is 2.38. The molecule has 140 valence electrons. The van der Waals surface area contributed by atoms with E-state index in [0.29, 0.717) is 6.42 Å². The summed E-state index contributed by atoms with van der Waals surface area (Å²) >= 11 is 0. The zero-order valence-corrected chi connectivity index (χ0v) is 15.4. The third-order valence-corrected chi connectivity index (χ3v) is 4.01. The van der Waals surface area contributed by atoms with Crippen molar-refractivity contribution in [2.75, 3.05) is 0 Å². The molecule has 0 aliphatic carbocycles.